The third kappa shape index (κ3) is 5.23. The maximum absolute atomic E-state index is 12.1. The molecule has 1 fully saturated rings. The van der Waals surface area contributed by atoms with E-state index in [1.807, 2.05) is 32.0 Å². The summed E-state index contributed by atoms with van der Waals surface area (Å²) >= 11 is 0. The molecule has 2 rings (SSSR count). The predicted molar refractivity (Wildman–Crippen MR) is 89.2 cm³/mol. The summed E-state index contributed by atoms with van der Waals surface area (Å²) in [7, 11) is 0. The number of morpholine rings is 1. The Morgan fingerprint density at radius 1 is 1.33 bits per heavy atom. The lowest BCUT2D eigenvalue weighted by molar-refractivity contribution is -0.159. The lowest BCUT2D eigenvalue weighted by atomic mass is 10.1. The van der Waals surface area contributed by atoms with Crippen molar-refractivity contribution in [3.05, 3.63) is 29.3 Å². The number of hydrogen-bond donors (Lipinski definition) is 1. The molecule has 0 saturated carbocycles. The zero-order chi connectivity index (χ0) is 17.5. The fourth-order valence-corrected chi connectivity index (χ4v) is 2.61. The minimum Gasteiger partial charge on any atom is -0.493 e. The Morgan fingerprint density at radius 3 is 2.88 bits per heavy atom. The standard InChI is InChI=1S/C18H25NO5/c1-13-6-7-14(2)15(11-13)23-9-4-3-5-17(20)19-8-10-24-16(12-19)18(21)22/h6-7,11,16H,3-5,8-10,12H2,1-2H3,(H,21,22)/t16-/m0/s1. The zero-order valence-corrected chi connectivity index (χ0v) is 14.3. The molecule has 1 aromatic rings. The first kappa shape index (κ1) is 18.3. The molecule has 0 spiro atoms. The van der Waals surface area contributed by atoms with Crippen LogP contribution in [-0.4, -0.2) is 54.3 Å². The van der Waals surface area contributed by atoms with E-state index in [0.717, 1.165) is 29.7 Å². The van der Waals surface area contributed by atoms with Crippen molar-refractivity contribution in [2.75, 3.05) is 26.3 Å². The van der Waals surface area contributed by atoms with Gasteiger partial charge in [0.1, 0.15) is 5.75 Å². The average molecular weight is 335 g/mol. The summed E-state index contributed by atoms with van der Waals surface area (Å²) in [5, 5.41) is 8.95. The number of ether oxygens (including phenoxy) is 2. The van der Waals surface area contributed by atoms with Crippen LogP contribution in [0.25, 0.3) is 0 Å². The fourth-order valence-electron chi connectivity index (χ4n) is 2.61. The number of amides is 1. The topological polar surface area (TPSA) is 76.1 Å². The second kappa shape index (κ2) is 8.68. The van der Waals surface area contributed by atoms with E-state index in [1.54, 1.807) is 4.90 Å². The van der Waals surface area contributed by atoms with Gasteiger partial charge in [-0.3, -0.25) is 4.79 Å². The van der Waals surface area contributed by atoms with Gasteiger partial charge in [-0.05, 0) is 43.9 Å². The Bertz CT molecular complexity index is 587. The number of aryl methyl sites for hydroxylation is 2. The number of carbonyl (C=O) groups excluding carboxylic acids is 1. The van der Waals surface area contributed by atoms with Crippen LogP contribution in [0.5, 0.6) is 5.75 Å². The highest BCUT2D eigenvalue weighted by Crippen LogP contribution is 2.19. The Balaban J connectivity index is 1.67. The van der Waals surface area contributed by atoms with Gasteiger partial charge in [-0.25, -0.2) is 4.79 Å². The summed E-state index contributed by atoms with van der Waals surface area (Å²) in [4.78, 5) is 24.6. The molecule has 1 aliphatic heterocycles. The lowest BCUT2D eigenvalue weighted by Crippen LogP contribution is -2.48. The molecule has 0 aromatic heterocycles. The summed E-state index contributed by atoms with van der Waals surface area (Å²) in [6.07, 6.45) is 1.00. The SMILES string of the molecule is Cc1ccc(C)c(OCCCCC(=O)N2CCO[C@H](C(=O)O)C2)c1. The first-order valence-corrected chi connectivity index (χ1v) is 8.29. The second-order valence-electron chi connectivity index (χ2n) is 6.11. The number of rotatable bonds is 7. The Kier molecular flexibility index (Phi) is 6.61. The molecule has 1 saturated heterocycles. The molecule has 1 aromatic carbocycles. The summed E-state index contributed by atoms with van der Waals surface area (Å²) in [6.45, 7) is 5.47. The van der Waals surface area contributed by atoms with E-state index in [9.17, 15) is 9.59 Å². The minimum atomic E-state index is -1.02. The van der Waals surface area contributed by atoms with Gasteiger partial charge in [0.15, 0.2) is 6.10 Å². The average Bonchev–Trinajstić information content (AvgIpc) is 2.57. The summed E-state index contributed by atoms with van der Waals surface area (Å²) in [6, 6.07) is 6.10. The van der Waals surface area contributed by atoms with Crippen LogP contribution < -0.4 is 4.74 Å². The van der Waals surface area contributed by atoms with Gasteiger partial charge in [-0.2, -0.15) is 0 Å². The molecule has 1 atom stereocenters. The van der Waals surface area contributed by atoms with E-state index < -0.39 is 12.1 Å². The fraction of sp³-hybridized carbons (Fsp3) is 0.556. The van der Waals surface area contributed by atoms with Crippen molar-refractivity contribution < 1.29 is 24.2 Å². The smallest absolute Gasteiger partial charge is 0.334 e. The minimum absolute atomic E-state index is 0.0173. The summed E-state index contributed by atoms with van der Waals surface area (Å²) < 4.78 is 10.9. The van der Waals surface area contributed by atoms with Gasteiger partial charge in [0.05, 0.1) is 19.8 Å². The highest BCUT2D eigenvalue weighted by molar-refractivity contribution is 5.78. The third-order valence-electron chi connectivity index (χ3n) is 4.08. The van der Waals surface area contributed by atoms with Gasteiger partial charge in [-0.15, -0.1) is 0 Å². The van der Waals surface area contributed by atoms with E-state index >= 15 is 0 Å². The molecular formula is C18H25NO5. The van der Waals surface area contributed by atoms with E-state index in [1.165, 1.54) is 0 Å². The van der Waals surface area contributed by atoms with E-state index in [0.29, 0.717) is 19.6 Å². The van der Waals surface area contributed by atoms with E-state index in [-0.39, 0.29) is 19.1 Å². The van der Waals surface area contributed by atoms with Crippen LogP contribution in [0.3, 0.4) is 0 Å². The largest absolute Gasteiger partial charge is 0.493 e. The highest BCUT2D eigenvalue weighted by Gasteiger charge is 2.28. The molecule has 1 aliphatic rings. The van der Waals surface area contributed by atoms with Crippen molar-refractivity contribution >= 4 is 11.9 Å². The maximum atomic E-state index is 12.1. The van der Waals surface area contributed by atoms with Crippen LogP contribution in [-0.2, 0) is 14.3 Å². The van der Waals surface area contributed by atoms with Crippen molar-refractivity contribution in [2.24, 2.45) is 0 Å². The van der Waals surface area contributed by atoms with Crippen molar-refractivity contribution in [3.8, 4) is 5.75 Å². The van der Waals surface area contributed by atoms with Crippen LogP contribution in [0, 0.1) is 13.8 Å². The Morgan fingerprint density at radius 2 is 2.12 bits per heavy atom. The molecule has 132 valence electrons. The van der Waals surface area contributed by atoms with Crippen molar-refractivity contribution in [3.63, 3.8) is 0 Å². The summed E-state index contributed by atoms with van der Waals surface area (Å²) in [5.74, 6) is -0.149. The number of nitrogens with zero attached hydrogens (tertiary/aromatic N) is 1. The quantitative estimate of drug-likeness (QED) is 0.773. The molecule has 6 nitrogen and oxygen atoms in total. The molecule has 24 heavy (non-hydrogen) atoms. The number of unbranched alkanes of at least 4 members (excludes halogenated alkanes) is 1. The van der Waals surface area contributed by atoms with Gasteiger partial charge >= 0.3 is 5.97 Å². The van der Waals surface area contributed by atoms with E-state index in [4.69, 9.17) is 14.6 Å². The van der Waals surface area contributed by atoms with Crippen molar-refractivity contribution in [2.45, 2.75) is 39.2 Å². The molecule has 0 bridgehead atoms. The molecule has 0 aliphatic carbocycles. The van der Waals surface area contributed by atoms with E-state index in [2.05, 4.69) is 0 Å². The van der Waals surface area contributed by atoms with Gasteiger partial charge in [0.2, 0.25) is 5.91 Å². The number of aliphatic carboxylic acids is 1. The zero-order valence-electron chi connectivity index (χ0n) is 14.3. The highest BCUT2D eigenvalue weighted by atomic mass is 16.5. The number of carboxylic acid groups (broad SMARTS) is 1. The molecule has 0 radical (unpaired) electrons. The van der Waals surface area contributed by atoms with Crippen molar-refractivity contribution in [1.82, 2.24) is 4.90 Å². The summed E-state index contributed by atoms with van der Waals surface area (Å²) in [5.41, 5.74) is 2.26. The second-order valence-corrected chi connectivity index (χ2v) is 6.11. The Labute approximate surface area is 142 Å². The number of hydrogen-bond acceptors (Lipinski definition) is 4. The van der Waals surface area contributed by atoms with Crippen LogP contribution in [0.15, 0.2) is 18.2 Å². The maximum Gasteiger partial charge on any atom is 0.334 e. The molecule has 1 N–H and O–H groups in total. The number of carboxylic acids is 1. The monoisotopic (exact) mass is 335 g/mol. The van der Waals surface area contributed by atoms with Crippen LogP contribution in [0.2, 0.25) is 0 Å². The van der Waals surface area contributed by atoms with Gasteiger partial charge in [0, 0.05) is 13.0 Å². The lowest BCUT2D eigenvalue weighted by Gasteiger charge is -2.30. The predicted octanol–water partition coefficient (Wildman–Crippen LogP) is 2.16. The third-order valence-corrected chi connectivity index (χ3v) is 4.08. The first-order chi connectivity index (χ1) is 11.5. The molecule has 6 heteroatoms. The van der Waals surface area contributed by atoms with Crippen molar-refractivity contribution in [1.29, 1.82) is 0 Å². The normalized spacial score (nSPS) is 17.6. The molecule has 1 amide bonds. The Hall–Kier alpha value is -2.08. The van der Waals surface area contributed by atoms with Crippen LogP contribution in [0.4, 0.5) is 0 Å². The van der Waals surface area contributed by atoms with Crippen LogP contribution in [0.1, 0.15) is 30.4 Å². The molecular weight excluding hydrogens is 310 g/mol. The molecule has 1 heterocycles. The first-order valence-electron chi connectivity index (χ1n) is 8.29. The number of benzene rings is 1. The van der Waals surface area contributed by atoms with Gasteiger partial charge in [-0.1, -0.05) is 12.1 Å². The molecule has 0 unspecified atom stereocenters. The van der Waals surface area contributed by atoms with Gasteiger partial charge in [0.25, 0.3) is 0 Å². The van der Waals surface area contributed by atoms with Crippen LogP contribution >= 0.6 is 0 Å². The number of carbonyl (C=O) groups is 2. The van der Waals surface area contributed by atoms with Gasteiger partial charge < -0.3 is 19.5 Å².